The summed E-state index contributed by atoms with van der Waals surface area (Å²) in [6.45, 7) is -1.47. The number of carbonyl (C=O) groups excluding carboxylic acids is 5. The zero-order valence-electron chi connectivity index (χ0n) is 34.9. The lowest BCUT2D eigenvalue weighted by molar-refractivity contribution is -0.385. The van der Waals surface area contributed by atoms with Gasteiger partial charge in [0.05, 0.1) is 37.7 Å². The third kappa shape index (κ3) is 21.3. The molecule has 0 radical (unpaired) electrons. The maximum atomic E-state index is 13.0. The van der Waals surface area contributed by atoms with E-state index in [1.54, 1.807) is 12.1 Å². The Kier molecular flexibility index (Phi) is 26.5. The number of rotatable bonds is 32. The maximum Gasteiger partial charge on any atom is 0.274 e. The van der Waals surface area contributed by atoms with E-state index in [0.717, 1.165) is 51.4 Å². The highest BCUT2D eigenvalue weighted by Gasteiger charge is 2.43. The van der Waals surface area contributed by atoms with Crippen molar-refractivity contribution in [3.63, 3.8) is 0 Å². The molecule has 60 heavy (non-hydrogen) atoms. The largest absolute Gasteiger partial charge is 0.394 e. The molecule has 5 amide bonds. The van der Waals surface area contributed by atoms with E-state index in [-0.39, 0.29) is 56.6 Å². The molecular formula is C41H69N7O12. The Morgan fingerprint density at radius 3 is 1.73 bits per heavy atom. The SMILES string of the molecule is NCC(=O)NCC(=O)NCC(=O)N(CCNC(=O)CCCCCCCCCCCCCCCCCCC(=O)N[C@@H]1O[C@H](CO)[C@@H](O)[C@H](O)[C@H]1O)Cc1ccccc1[N+](=O)[O-]. The molecule has 19 nitrogen and oxygen atoms in total. The number of unbranched alkanes of at least 4 members (excludes halogenated alkanes) is 15. The van der Waals surface area contributed by atoms with Crippen LogP contribution in [0.25, 0.3) is 0 Å². The van der Waals surface area contributed by atoms with Gasteiger partial charge in [0.2, 0.25) is 29.5 Å². The van der Waals surface area contributed by atoms with E-state index < -0.39 is 66.4 Å². The smallest absolute Gasteiger partial charge is 0.274 e. The van der Waals surface area contributed by atoms with Crippen LogP contribution in [0.5, 0.6) is 0 Å². The van der Waals surface area contributed by atoms with Crippen molar-refractivity contribution < 1.29 is 54.1 Å². The van der Waals surface area contributed by atoms with Crippen molar-refractivity contribution in [2.75, 3.05) is 39.3 Å². The van der Waals surface area contributed by atoms with Gasteiger partial charge in [-0.3, -0.25) is 34.1 Å². The number of hydrogen-bond acceptors (Lipinski definition) is 13. The molecule has 1 fully saturated rings. The molecule has 2 rings (SSSR count). The monoisotopic (exact) mass is 852 g/mol. The predicted molar refractivity (Wildman–Crippen MR) is 222 cm³/mol. The fraction of sp³-hybridized carbons (Fsp3) is 0.732. The highest BCUT2D eigenvalue weighted by atomic mass is 16.6. The van der Waals surface area contributed by atoms with Crippen LogP contribution in [0.1, 0.15) is 121 Å². The number of para-hydroxylation sites is 1. The van der Waals surface area contributed by atoms with E-state index >= 15 is 0 Å². The Morgan fingerprint density at radius 1 is 0.683 bits per heavy atom. The van der Waals surface area contributed by atoms with Crippen LogP contribution >= 0.6 is 0 Å². The molecule has 0 saturated carbocycles. The van der Waals surface area contributed by atoms with Gasteiger partial charge in [0, 0.05) is 37.6 Å². The minimum atomic E-state index is -1.52. The van der Waals surface area contributed by atoms with Crippen molar-refractivity contribution in [2.24, 2.45) is 5.73 Å². The number of nitro benzene ring substituents is 1. The Bertz CT molecular complexity index is 1450. The van der Waals surface area contributed by atoms with Gasteiger partial charge in [0.1, 0.15) is 24.4 Å². The van der Waals surface area contributed by atoms with Crippen molar-refractivity contribution >= 4 is 35.2 Å². The van der Waals surface area contributed by atoms with E-state index in [4.69, 9.17) is 10.5 Å². The van der Waals surface area contributed by atoms with Crippen molar-refractivity contribution in [3.8, 4) is 0 Å². The van der Waals surface area contributed by atoms with Crippen molar-refractivity contribution in [1.29, 1.82) is 0 Å². The number of nitrogens with one attached hydrogen (secondary N) is 4. The molecule has 1 aliphatic heterocycles. The van der Waals surface area contributed by atoms with E-state index in [2.05, 4.69) is 21.3 Å². The average molecular weight is 852 g/mol. The summed E-state index contributed by atoms with van der Waals surface area (Å²) in [5, 5.41) is 60.6. The number of nitro groups is 1. The standard InChI is InChI=1S/C41H69N7O12/c42-25-35(52)44-26-36(53)45-27-37(54)47(28-30-19-17-18-20-31(30)48(58)59)24-23-43-33(50)21-15-13-11-9-7-5-3-1-2-4-6-8-10-12-14-16-22-34(51)46-41-40(57)39(56)38(55)32(29-49)60-41/h17-20,32,38-41,49,55-57H,1-16,21-29,42H2,(H,43,50)(H,44,52)(H,45,53)(H,46,51)/t32-,38-,39+,40-,41-/m1/s1. The van der Waals surface area contributed by atoms with Crippen LogP contribution in [-0.4, -0.2) is 130 Å². The van der Waals surface area contributed by atoms with Gasteiger partial charge in [-0.1, -0.05) is 108 Å². The third-order valence-corrected chi connectivity index (χ3v) is 10.4. The van der Waals surface area contributed by atoms with Crippen LogP contribution in [-0.2, 0) is 35.3 Å². The second kappa shape index (κ2) is 30.7. The molecule has 1 aromatic rings. The second-order valence-electron chi connectivity index (χ2n) is 15.3. The third-order valence-electron chi connectivity index (χ3n) is 10.4. The number of amides is 5. The highest BCUT2D eigenvalue weighted by Crippen LogP contribution is 2.21. The summed E-state index contributed by atoms with van der Waals surface area (Å²) in [6.07, 6.45) is 11.1. The lowest BCUT2D eigenvalue weighted by atomic mass is 9.98. The van der Waals surface area contributed by atoms with Crippen molar-refractivity contribution in [3.05, 3.63) is 39.9 Å². The van der Waals surface area contributed by atoms with Crippen LogP contribution < -0.4 is 27.0 Å². The second-order valence-corrected chi connectivity index (χ2v) is 15.3. The first-order valence-corrected chi connectivity index (χ1v) is 21.5. The van der Waals surface area contributed by atoms with E-state index in [1.165, 1.54) is 62.0 Å². The Labute approximate surface area is 352 Å². The van der Waals surface area contributed by atoms with Gasteiger partial charge in [0.15, 0.2) is 6.23 Å². The van der Waals surface area contributed by atoms with Gasteiger partial charge in [-0.05, 0) is 12.8 Å². The molecule has 1 saturated heterocycles. The number of aliphatic hydroxyl groups is 4. The first-order valence-electron chi connectivity index (χ1n) is 21.5. The number of nitrogens with zero attached hydrogens (tertiary/aromatic N) is 2. The summed E-state index contributed by atoms with van der Waals surface area (Å²) in [5.74, 6) is -2.09. The summed E-state index contributed by atoms with van der Waals surface area (Å²) in [4.78, 5) is 73.4. The van der Waals surface area contributed by atoms with Crippen LogP contribution in [0.2, 0.25) is 0 Å². The zero-order chi connectivity index (χ0) is 44.1. The summed E-state index contributed by atoms with van der Waals surface area (Å²) in [7, 11) is 0. The zero-order valence-corrected chi connectivity index (χ0v) is 34.9. The van der Waals surface area contributed by atoms with Gasteiger partial charge in [-0.25, -0.2) is 0 Å². The van der Waals surface area contributed by atoms with Gasteiger partial charge in [0.25, 0.3) is 5.69 Å². The van der Waals surface area contributed by atoms with E-state index in [0.29, 0.717) is 18.4 Å². The molecule has 340 valence electrons. The lowest BCUT2D eigenvalue weighted by Crippen LogP contribution is -2.63. The van der Waals surface area contributed by atoms with Gasteiger partial charge in [-0.2, -0.15) is 0 Å². The number of nitrogens with two attached hydrogens (primary N) is 1. The molecule has 1 aromatic carbocycles. The number of ether oxygens (including phenoxy) is 1. The molecule has 5 atom stereocenters. The number of carbonyl (C=O) groups is 5. The van der Waals surface area contributed by atoms with E-state index in [1.807, 2.05) is 0 Å². The first kappa shape index (κ1) is 51.9. The first-order chi connectivity index (χ1) is 28.9. The summed E-state index contributed by atoms with van der Waals surface area (Å²) in [5.41, 5.74) is 5.37. The summed E-state index contributed by atoms with van der Waals surface area (Å²) < 4.78 is 5.31. The molecule has 19 heteroatoms. The number of benzene rings is 1. The number of aliphatic hydroxyl groups excluding tert-OH is 4. The maximum absolute atomic E-state index is 13.0. The highest BCUT2D eigenvalue weighted by molar-refractivity contribution is 5.88. The quantitative estimate of drug-likeness (QED) is 0.0280. The molecular weight excluding hydrogens is 782 g/mol. The molecule has 0 bridgehead atoms. The van der Waals surface area contributed by atoms with Crippen LogP contribution in [0.3, 0.4) is 0 Å². The van der Waals surface area contributed by atoms with Crippen molar-refractivity contribution in [2.45, 2.75) is 153 Å². The van der Waals surface area contributed by atoms with Crippen LogP contribution in [0.4, 0.5) is 5.69 Å². The van der Waals surface area contributed by atoms with Gasteiger partial charge in [-0.15, -0.1) is 0 Å². The molecule has 10 N–H and O–H groups in total. The molecule has 0 spiro atoms. The van der Waals surface area contributed by atoms with Crippen molar-refractivity contribution in [1.82, 2.24) is 26.2 Å². The fourth-order valence-corrected chi connectivity index (χ4v) is 6.84. The van der Waals surface area contributed by atoms with Crippen LogP contribution in [0.15, 0.2) is 24.3 Å². The lowest BCUT2D eigenvalue weighted by Gasteiger charge is -2.40. The Hall–Kier alpha value is -4.27. The van der Waals surface area contributed by atoms with Gasteiger partial charge < -0.3 is 57.1 Å². The minimum Gasteiger partial charge on any atom is -0.394 e. The molecule has 0 aromatic heterocycles. The molecule has 1 aliphatic rings. The Morgan fingerprint density at radius 2 is 1.20 bits per heavy atom. The summed E-state index contributed by atoms with van der Waals surface area (Å²) >= 11 is 0. The summed E-state index contributed by atoms with van der Waals surface area (Å²) in [6, 6.07) is 6.04. The number of hydrogen-bond donors (Lipinski definition) is 9. The average Bonchev–Trinajstić information content (AvgIpc) is 3.24. The molecule has 0 aliphatic carbocycles. The predicted octanol–water partition coefficient (Wildman–Crippen LogP) is 1.17. The Balaban J connectivity index is 1.47. The van der Waals surface area contributed by atoms with Gasteiger partial charge >= 0.3 is 0 Å². The molecule has 0 unspecified atom stereocenters. The van der Waals surface area contributed by atoms with E-state index in [9.17, 15) is 54.5 Å². The topological polar surface area (TPSA) is 296 Å². The van der Waals surface area contributed by atoms with Crippen LogP contribution in [0, 0.1) is 10.1 Å². The minimum absolute atomic E-state index is 0.0716. The molecule has 1 heterocycles. The fourth-order valence-electron chi connectivity index (χ4n) is 6.84. The normalized spacial score (nSPS) is 18.6.